The first-order valence-corrected chi connectivity index (χ1v) is 14.1. The van der Waals surface area contributed by atoms with Crippen LogP contribution in [0.3, 0.4) is 0 Å². The van der Waals surface area contributed by atoms with Gasteiger partial charge in [-0.15, -0.1) is 0 Å². The van der Waals surface area contributed by atoms with Crippen LogP contribution >= 0.6 is 15.7 Å². The molecule has 0 aromatic heterocycles. The molecule has 4 unspecified atom stereocenters. The summed E-state index contributed by atoms with van der Waals surface area (Å²) >= 11 is 0. The van der Waals surface area contributed by atoms with E-state index in [9.17, 15) is 4.57 Å². The topological polar surface area (TPSA) is 17.1 Å². The number of fused-ring (bicyclic) bond motifs is 2. The van der Waals surface area contributed by atoms with E-state index in [-0.39, 0.29) is 16.5 Å². The van der Waals surface area contributed by atoms with E-state index in [2.05, 4.69) is 106 Å². The predicted molar refractivity (Wildman–Crippen MR) is 135 cm³/mol. The van der Waals surface area contributed by atoms with E-state index in [1.54, 1.807) is 0 Å². The Bertz CT molecular complexity index is 1050. The predicted octanol–water partition coefficient (Wildman–Crippen LogP) is 6.11. The number of hydrogen-bond donors (Lipinski definition) is 0. The van der Waals surface area contributed by atoms with Crippen molar-refractivity contribution in [3.63, 3.8) is 0 Å². The normalized spacial score (nSPS) is 26.9. The summed E-state index contributed by atoms with van der Waals surface area (Å²) in [5, 5.41) is 4.99. The first-order chi connectivity index (χ1) is 14.9. The highest BCUT2D eigenvalue weighted by Gasteiger charge is 2.67. The van der Waals surface area contributed by atoms with Gasteiger partial charge in [0, 0.05) is 10.7 Å². The fourth-order valence-electron chi connectivity index (χ4n) is 6.10. The molecule has 2 aliphatic carbocycles. The minimum Gasteiger partial charge on any atom is -0.0677 e. The highest BCUT2D eigenvalue weighted by molar-refractivity contribution is 7.81. The van der Waals surface area contributed by atoms with Gasteiger partial charge >= 0.3 is 7.80 Å². The summed E-state index contributed by atoms with van der Waals surface area (Å²) in [4.78, 5) is 0. The molecule has 0 radical (unpaired) electrons. The third-order valence-electron chi connectivity index (χ3n) is 8.42. The van der Waals surface area contributed by atoms with Gasteiger partial charge in [-0.2, -0.15) is 0 Å². The van der Waals surface area contributed by atoms with Crippen LogP contribution < -0.4 is 21.2 Å². The Kier molecular flexibility index (Phi) is 5.40. The SMILES string of the molecule is CC1(C)C2CCC1(C)C([P+](=O)c1ccccc1P(c1ccccc1)c1ccccc1)C2. The molecule has 5 rings (SSSR count). The first-order valence-electron chi connectivity index (χ1n) is 11.4. The molecule has 0 saturated heterocycles. The largest absolute Gasteiger partial charge is 0.381 e. The summed E-state index contributed by atoms with van der Waals surface area (Å²) in [5.41, 5.74) is 0.725. The fraction of sp³-hybridized carbons (Fsp3) is 0.357. The smallest absolute Gasteiger partial charge is 0.0677 e. The van der Waals surface area contributed by atoms with E-state index in [0.29, 0.717) is 5.92 Å². The van der Waals surface area contributed by atoms with Crippen LogP contribution in [-0.2, 0) is 4.57 Å². The van der Waals surface area contributed by atoms with Gasteiger partial charge in [0.05, 0.1) is 0 Å². The average molecular weight is 446 g/mol. The van der Waals surface area contributed by atoms with Crippen molar-refractivity contribution in [3.8, 4) is 0 Å². The summed E-state index contributed by atoms with van der Waals surface area (Å²) in [6.07, 6.45) is 3.62. The van der Waals surface area contributed by atoms with Crippen molar-refractivity contribution in [1.82, 2.24) is 0 Å². The van der Waals surface area contributed by atoms with Crippen molar-refractivity contribution < 1.29 is 4.57 Å². The van der Waals surface area contributed by atoms with E-state index in [1.165, 1.54) is 28.8 Å². The lowest BCUT2D eigenvalue weighted by molar-refractivity contribution is 0.155. The van der Waals surface area contributed by atoms with E-state index in [0.717, 1.165) is 11.7 Å². The summed E-state index contributed by atoms with van der Waals surface area (Å²) in [6.45, 7) is 7.25. The summed E-state index contributed by atoms with van der Waals surface area (Å²) in [7, 11) is -2.21. The average Bonchev–Trinajstić information content (AvgIpc) is 3.14. The van der Waals surface area contributed by atoms with Crippen molar-refractivity contribution in [2.75, 3.05) is 0 Å². The maximum absolute atomic E-state index is 14.3. The third-order valence-corrected chi connectivity index (χ3v) is 13.3. The van der Waals surface area contributed by atoms with Crippen molar-refractivity contribution in [2.24, 2.45) is 16.7 Å². The number of benzene rings is 3. The maximum atomic E-state index is 14.3. The second-order valence-electron chi connectivity index (χ2n) is 9.95. The number of hydrogen-bond acceptors (Lipinski definition) is 1. The van der Waals surface area contributed by atoms with Gasteiger partial charge in [0.15, 0.2) is 11.0 Å². The zero-order valence-electron chi connectivity index (χ0n) is 18.7. The molecule has 0 heterocycles. The molecule has 2 saturated carbocycles. The van der Waals surface area contributed by atoms with Gasteiger partial charge in [-0.1, -0.05) is 98.1 Å². The molecule has 0 amide bonds. The molecule has 2 bridgehead atoms. The molecule has 3 aromatic rings. The summed E-state index contributed by atoms with van der Waals surface area (Å²) < 4.78 is 14.3. The number of rotatable bonds is 5. The van der Waals surface area contributed by atoms with Crippen LogP contribution in [0.25, 0.3) is 0 Å². The third kappa shape index (κ3) is 3.33. The van der Waals surface area contributed by atoms with Crippen LogP contribution in [0.5, 0.6) is 0 Å². The fourth-order valence-corrected chi connectivity index (χ4v) is 11.3. The monoisotopic (exact) mass is 445 g/mol. The lowest BCUT2D eigenvalue weighted by atomic mass is 9.71. The summed E-state index contributed by atoms with van der Waals surface area (Å²) in [6, 6.07) is 30.1. The molecule has 4 atom stereocenters. The molecule has 1 nitrogen and oxygen atoms in total. The van der Waals surface area contributed by atoms with Crippen LogP contribution in [0.1, 0.15) is 40.0 Å². The van der Waals surface area contributed by atoms with Gasteiger partial charge in [-0.25, -0.2) is 0 Å². The van der Waals surface area contributed by atoms with E-state index >= 15 is 0 Å². The Labute approximate surface area is 188 Å². The van der Waals surface area contributed by atoms with E-state index in [1.807, 2.05) is 0 Å². The lowest BCUT2D eigenvalue weighted by Gasteiger charge is -2.34. The minimum atomic E-state index is -1.47. The highest BCUT2D eigenvalue weighted by atomic mass is 31.1. The van der Waals surface area contributed by atoms with Gasteiger partial charge in [-0.05, 0) is 61.3 Å². The van der Waals surface area contributed by atoms with Crippen molar-refractivity contribution in [1.29, 1.82) is 0 Å². The molecular formula is C28H31OP2+. The van der Waals surface area contributed by atoms with Gasteiger partial charge in [-0.3, -0.25) is 0 Å². The second-order valence-corrected chi connectivity index (χ2v) is 13.9. The van der Waals surface area contributed by atoms with Crippen molar-refractivity contribution in [3.05, 3.63) is 84.9 Å². The highest BCUT2D eigenvalue weighted by Crippen LogP contribution is 2.70. The molecule has 0 spiro atoms. The Morgan fingerprint density at radius 3 is 1.87 bits per heavy atom. The standard InChI is InChI=1S/C28H31OP2/c1-27(2)21-18-19-28(27,3)26(20-21)31(29)25-17-11-10-16-24(25)30(22-12-6-4-7-13-22)23-14-8-5-9-15-23/h4-17,21,26H,18-20H2,1-3H3/q+1. The maximum Gasteiger partial charge on any atom is 0.381 e. The molecule has 0 N–H and O–H groups in total. The molecule has 0 aliphatic heterocycles. The van der Waals surface area contributed by atoms with Crippen LogP contribution in [0.4, 0.5) is 0 Å². The minimum absolute atomic E-state index is 0.167. The van der Waals surface area contributed by atoms with Gasteiger partial charge in [0.1, 0.15) is 0 Å². The Morgan fingerprint density at radius 2 is 1.35 bits per heavy atom. The molecule has 158 valence electrons. The van der Waals surface area contributed by atoms with Gasteiger partial charge in [0.2, 0.25) is 0 Å². The molecule has 2 aliphatic rings. The van der Waals surface area contributed by atoms with Crippen molar-refractivity contribution in [2.45, 2.75) is 45.7 Å². The molecular weight excluding hydrogens is 414 g/mol. The first kappa shape index (κ1) is 21.1. The van der Waals surface area contributed by atoms with Crippen LogP contribution in [0.2, 0.25) is 0 Å². The Morgan fingerprint density at radius 1 is 0.806 bits per heavy atom. The zero-order valence-corrected chi connectivity index (χ0v) is 20.5. The molecule has 3 aromatic carbocycles. The Hall–Kier alpha value is -1.81. The molecule has 3 heteroatoms. The summed E-state index contributed by atoms with van der Waals surface area (Å²) in [5.74, 6) is 0.707. The van der Waals surface area contributed by atoms with Crippen LogP contribution in [0.15, 0.2) is 84.9 Å². The Balaban J connectivity index is 1.61. The van der Waals surface area contributed by atoms with Gasteiger partial charge < -0.3 is 0 Å². The van der Waals surface area contributed by atoms with E-state index < -0.39 is 15.7 Å². The van der Waals surface area contributed by atoms with E-state index in [4.69, 9.17) is 0 Å². The molecule has 2 fully saturated rings. The van der Waals surface area contributed by atoms with Crippen LogP contribution in [-0.4, -0.2) is 5.66 Å². The quantitative estimate of drug-likeness (QED) is 0.433. The van der Waals surface area contributed by atoms with Crippen LogP contribution in [0, 0.1) is 16.7 Å². The lowest BCUT2D eigenvalue weighted by Crippen LogP contribution is -2.37. The molecule has 31 heavy (non-hydrogen) atoms. The zero-order chi connectivity index (χ0) is 21.6. The van der Waals surface area contributed by atoms with Crippen molar-refractivity contribution >= 4 is 36.9 Å². The second kappa shape index (κ2) is 7.95. The van der Waals surface area contributed by atoms with Gasteiger partial charge in [0.25, 0.3) is 0 Å².